The summed E-state index contributed by atoms with van der Waals surface area (Å²) in [6.45, 7) is 4.70. The molecule has 0 aromatic heterocycles. The third-order valence-corrected chi connectivity index (χ3v) is 4.21. The van der Waals surface area contributed by atoms with E-state index in [0.29, 0.717) is 24.9 Å². The summed E-state index contributed by atoms with van der Waals surface area (Å²) < 4.78 is 0. The van der Waals surface area contributed by atoms with Crippen LogP contribution in [-0.2, 0) is 4.79 Å². The highest BCUT2D eigenvalue weighted by Gasteiger charge is 2.20. The molecule has 0 aromatic rings. The van der Waals surface area contributed by atoms with Gasteiger partial charge >= 0.3 is 0 Å². The zero-order chi connectivity index (χ0) is 15.1. The van der Waals surface area contributed by atoms with Gasteiger partial charge in [0.05, 0.1) is 0 Å². The van der Waals surface area contributed by atoms with Crippen molar-refractivity contribution in [1.82, 2.24) is 15.5 Å². The Labute approximate surface area is 151 Å². The van der Waals surface area contributed by atoms with Crippen molar-refractivity contribution >= 4 is 35.8 Å². The van der Waals surface area contributed by atoms with Crippen LogP contribution in [0.25, 0.3) is 0 Å². The average molecular weight is 420 g/mol. The summed E-state index contributed by atoms with van der Waals surface area (Å²) in [6, 6.07) is 0.440. The summed E-state index contributed by atoms with van der Waals surface area (Å²) >= 11 is 0. The van der Waals surface area contributed by atoms with Crippen LogP contribution in [0, 0.1) is 5.92 Å². The molecule has 0 aromatic carbocycles. The van der Waals surface area contributed by atoms with E-state index in [1.165, 1.54) is 6.42 Å². The first-order valence-electron chi connectivity index (χ1n) is 8.09. The molecule has 1 fully saturated rings. The number of nitrogens with zero attached hydrogens (tertiary/aromatic N) is 2. The number of carbonyl (C=O) groups is 1. The molecule has 22 heavy (non-hydrogen) atoms. The average Bonchev–Trinajstić information content (AvgIpc) is 2.99. The lowest BCUT2D eigenvalue weighted by Crippen LogP contribution is -2.44. The van der Waals surface area contributed by atoms with Crippen molar-refractivity contribution in [2.24, 2.45) is 10.9 Å². The standard InChI is InChI=1S/C16H28N4O.HI/c1-13-6-5-11-20(12-13)15(21)9-10-18-16(17-2)19-14-7-3-4-8-14;/h3-4,13-14H,5-12H2,1-2H3,(H2,17,18,19);1H. The molecule has 1 amide bonds. The van der Waals surface area contributed by atoms with Gasteiger partial charge in [0.2, 0.25) is 5.91 Å². The van der Waals surface area contributed by atoms with E-state index < -0.39 is 0 Å². The zero-order valence-electron chi connectivity index (χ0n) is 13.7. The van der Waals surface area contributed by atoms with Gasteiger partial charge in [-0.25, -0.2) is 0 Å². The lowest BCUT2D eigenvalue weighted by atomic mass is 10.00. The van der Waals surface area contributed by atoms with Crippen LogP contribution in [0.4, 0.5) is 0 Å². The highest BCUT2D eigenvalue weighted by atomic mass is 127. The molecule has 2 N–H and O–H groups in total. The third-order valence-electron chi connectivity index (χ3n) is 4.21. The highest BCUT2D eigenvalue weighted by Crippen LogP contribution is 2.15. The Morgan fingerprint density at radius 1 is 1.36 bits per heavy atom. The van der Waals surface area contributed by atoms with Gasteiger partial charge in [0, 0.05) is 39.1 Å². The number of hydrogen-bond donors (Lipinski definition) is 2. The van der Waals surface area contributed by atoms with Gasteiger partial charge in [0.1, 0.15) is 0 Å². The second-order valence-electron chi connectivity index (χ2n) is 6.12. The van der Waals surface area contributed by atoms with Crippen LogP contribution in [0.1, 0.15) is 39.0 Å². The van der Waals surface area contributed by atoms with E-state index in [0.717, 1.165) is 38.3 Å². The van der Waals surface area contributed by atoms with Crippen LogP contribution in [0.15, 0.2) is 17.1 Å². The number of halogens is 1. The van der Waals surface area contributed by atoms with Crippen molar-refractivity contribution in [2.45, 2.75) is 45.1 Å². The number of nitrogens with one attached hydrogen (secondary N) is 2. The Balaban J connectivity index is 0.00000242. The molecule has 0 bridgehead atoms. The van der Waals surface area contributed by atoms with Crippen LogP contribution in [0.3, 0.4) is 0 Å². The topological polar surface area (TPSA) is 56.7 Å². The molecule has 1 heterocycles. The first-order valence-corrected chi connectivity index (χ1v) is 8.09. The molecule has 2 aliphatic rings. The van der Waals surface area contributed by atoms with E-state index in [1.807, 2.05) is 4.90 Å². The minimum Gasteiger partial charge on any atom is -0.356 e. The number of carbonyl (C=O) groups excluding carboxylic acids is 1. The van der Waals surface area contributed by atoms with Crippen molar-refractivity contribution in [2.75, 3.05) is 26.7 Å². The monoisotopic (exact) mass is 420 g/mol. The zero-order valence-corrected chi connectivity index (χ0v) is 16.0. The van der Waals surface area contributed by atoms with E-state index in [-0.39, 0.29) is 29.9 Å². The Hall–Kier alpha value is -0.790. The summed E-state index contributed by atoms with van der Waals surface area (Å²) in [5.41, 5.74) is 0. The number of hydrogen-bond acceptors (Lipinski definition) is 2. The Bertz CT molecular complexity index is 403. The number of rotatable bonds is 4. The maximum absolute atomic E-state index is 12.2. The maximum atomic E-state index is 12.2. The fourth-order valence-corrected chi connectivity index (χ4v) is 2.98. The number of aliphatic imine (C=N–C) groups is 1. The van der Waals surface area contributed by atoms with Gasteiger partial charge in [0.25, 0.3) is 0 Å². The fraction of sp³-hybridized carbons (Fsp3) is 0.750. The van der Waals surface area contributed by atoms with E-state index in [4.69, 9.17) is 0 Å². The number of guanidine groups is 1. The summed E-state index contributed by atoms with van der Waals surface area (Å²) in [5.74, 6) is 1.69. The second-order valence-corrected chi connectivity index (χ2v) is 6.12. The third kappa shape index (κ3) is 6.14. The molecule has 0 radical (unpaired) electrons. The van der Waals surface area contributed by atoms with Gasteiger partial charge in [-0.15, -0.1) is 24.0 Å². The molecule has 1 aliphatic carbocycles. The smallest absolute Gasteiger partial charge is 0.224 e. The molecule has 1 unspecified atom stereocenters. The van der Waals surface area contributed by atoms with E-state index in [1.54, 1.807) is 7.05 Å². The Morgan fingerprint density at radius 2 is 2.09 bits per heavy atom. The van der Waals surface area contributed by atoms with Gasteiger partial charge < -0.3 is 15.5 Å². The highest BCUT2D eigenvalue weighted by molar-refractivity contribution is 14.0. The van der Waals surface area contributed by atoms with Crippen LogP contribution in [-0.4, -0.2) is 49.5 Å². The van der Waals surface area contributed by atoms with Gasteiger partial charge in [-0.05, 0) is 31.6 Å². The second kappa shape index (κ2) is 10.1. The van der Waals surface area contributed by atoms with Crippen LogP contribution >= 0.6 is 24.0 Å². The summed E-state index contributed by atoms with van der Waals surface area (Å²) in [6.07, 6.45) is 9.39. The lowest BCUT2D eigenvalue weighted by Gasteiger charge is -2.31. The van der Waals surface area contributed by atoms with Gasteiger partial charge in [-0.1, -0.05) is 19.1 Å². The predicted octanol–water partition coefficient (Wildman–Crippen LogP) is 2.14. The molecule has 1 saturated heterocycles. The van der Waals surface area contributed by atoms with E-state index >= 15 is 0 Å². The minimum absolute atomic E-state index is 0. The fourth-order valence-electron chi connectivity index (χ4n) is 2.98. The number of likely N-dealkylation sites (tertiary alicyclic amines) is 1. The maximum Gasteiger partial charge on any atom is 0.224 e. The van der Waals surface area contributed by atoms with Crippen LogP contribution in [0.5, 0.6) is 0 Å². The number of amides is 1. The molecule has 1 atom stereocenters. The number of piperidine rings is 1. The first-order chi connectivity index (χ1) is 10.2. The first kappa shape index (κ1) is 19.3. The predicted molar refractivity (Wildman–Crippen MR) is 102 cm³/mol. The quantitative estimate of drug-likeness (QED) is 0.317. The van der Waals surface area contributed by atoms with Crippen molar-refractivity contribution in [1.29, 1.82) is 0 Å². The molecule has 126 valence electrons. The van der Waals surface area contributed by atoms with Crippen LogP contribution in [0.2, 0.25) is 0 Å². The SMILES string of the molecule is CN=C(NCCC(=O)N1CCCC(C)C1)NC1CC=CC1.I. The Morgan fingerprint density at radius 3 is 2.73 bits per heavy atom. The van der Waals surface area contributed by atoms with Gasteiger partial charge in [-0.3, -0.25) is 9.79 Å². The molecule has 6 heteroatoms. The summed E-state index contributed by atoms with van der Waals surface area (Å²) in [5, 5.41) is 6.62. The molecule has 5 nitrogen and oxygen atoms in total. The van der Waals surface area contributed by atoms with Gasteiger partial charge in [-0.2, -0.15) is 0 Å². The van der Waals surface area contributed by atoms with E-state index in [9.17, 15) is 4.79 Å². The molecule has 0 spiro atoms. The van der Waals surface area contributed by atoms with Crippen molar-refractivity contribution in [3.05, 3.63) is 12.2 Å². The van der Waals surface area contributed by atoms with Crippen LogP contribution < -0.4 is 10.6 Å². The molecular formula is C16H29IN4O. The van der Waals surface area contributed by atoms with Crippen molar-refractivity contribution in [3.63, 3.8) is 0 Å². The van der Waals surface area contributed by atoms with Crippen molar-refractivity contribution in [3.8, 4) is 0 Å². The normalized spacial score (nSPS) is 22.4. The van der Waals surface area contributed by atoms with Crippen molar-refractivity contribution < 1.29 is 4.79 Å². The molecule has 1 aliphatic heterocycles. The minimum atomic E-state index is 0. The summed E-state index contributed by atoms with van der Waals surface area (Å²) in [7, 11) is 1.77. The summed E-state index contributed by atoms with van der Waals surface area (Å²) in [4.78, 5) is 18.4. The molecular weight excluding hydrogens is 391 g/mol. The molecule has 0 saturated carbocycles. The Kier molecular flexibility index (Phi) is 8.82. The largest absolute Gasteiger partial charge is 0.356 e. The van der Waals surface area contributed by atoms with Gasteiger partial charge in [0.15, 0.2) is 5.96 Å². The van der Waals surface area contributed by atoms with E-state index in [2.05, 4.69) is 34.7 Å². The molecule has 2 rings (SSSR count). The lowest BCUT2D eigenvalue weighted by molar-refractivity contribution is -0.132.